The molecule has 1 heterocycles. The normalized spacial score (nSPS) is 12.3. The molecule has 8 heteroatoms. The number of thioether (sulfide) groups is 1. The van der Waals surface area contributed by atoms with Crippen molar-refractivity contribution in [1.29, 1.82) is 0 Å². The summed E-state index contributed by atoms with van der Waals surface area (Å²) in [4.78, 5) is 19.2. The van der Waals surface area contributed by atoms with Gasteiger partial charge in [-0.25, -0.2) is 9.67 Å². The minimum atomic E-state index is -3.13. The monoisotopic (exact) mass is 537 g/mol. The molecule has 196 valence electrons. The first kappa shape index (κ1) is 28.9. The zero-order chi connectivity index (χ0) is 26.7. The van der Waals surface area contributed by atoms with Gasteiger partial charge < -0.3 is 9.79 Å². The van der Waals surface area contributed by atoms with Gasteiger partial charge in [0.25, 0.3) is 0 Å². The third-order valence-corrected chi connectivity index (χ3v) is 7.67. The molecule has 0 saturated carbocycles. The number of benzene rings is 3. The Morgan fingerprint density at radius 2 is 1.24 bits per heavy atom. The lowest BCUT2D eigenvalue weighted by molar-refractivity contribution is 0.405. The SMILES string of the molecule is CCC(CC)CC(SC)c1ncn(C(c2ccccc2)(c2ccccc2)c2ccccc2)n1.O=[PH](O)O. The van der Waals surface area contributed by atoms with Crippen LogP contribution >= 0.6 is 20.0 Å². The Morgan fingerprint density at radius 3 is 1.59 bits per heavy atom. The molecule has 0 saturated heterocycles. The summed E-state index contributed by atoms with van der Waals surface area (Å²) in [5, 5.41) is 5.48. The second-order valence-electron chi connectivity index (χ2n) is 8.78. The lowest BCUT2D eigenvalue weighted by Gasteiger charge is -2.36. The molecular weight excluding hydrogens is 501 g/mol. The average Bonchev–Trinajstić information content (AvgIpc) is 3.42. The standard InChI is InChI=1S/C29H33N3S.H3O3P/c1-4-23(5-2)21-27(33-3)28-30-22-32(31-28)29(24-15-9-6-10-16-24,25-17-11-7-12-18-25)26-19-13-8-14-20-26;1-4(2)3/h6-20,22-23,27H,4-5,21H2,1-3H3;4H,(H2,1,2,3). The van der Waals surface area contributed by atoms with Crippen LogP contribution in [-0.2, 0) is 10.1 Å². The molecule has 1 aromatic heterocycles. The van der Waals surface area contributed by atoms with E-state index in [4.69, 9.17) is 24.4 Å². The van der Waals surface area contributed by atoms with Crippen molar-refractivity contribution in [2.24, 2.45) is 5.92 Å². The molecule has 1 atom stereocenters. The van der Waals surface area contributed by atoms with Crippen LogP contribution in [0.1, 0.15) is 60.9 Å². The van der Waals surface area contributed by atoms with E-state index >= 15 is 0 Å². The largest absolute Gasteiger partial charge is 0.326 e. The molecule has 0 radical (unpaired) electrons. The molecule has 3 aromatic carbocycles. The maximum Gasteiger partial charge on any atom is 0.314 e. The molecular formula is C29H36N3O3PS. The fourth-order valence-corrected chi connectivity index (χ4v) is 5.54. The van der Waals surface area contributed by atoms with Crippen LogP contribution in [0.3, 0.4) is 0 Å². The maximum absolute atomic E-state index is 8.74. The van der Waals surface area contributed by atoms with Crippen LogP contribution in [0.4, 0.5) is 0 Å². The lowest BCUT2D eigenvalue weighted by Crippen LogP contribution is -2.38. The number of hydrogen-bond donors (Lipinski definition) is 2. The minimum absolute atomic E-state index is 0.288. The Kier molecular flexibility index (Phi) is 11.2. The maximum atomic E-state index is 8.74. The van der Waals surface area contributed by atoms with Crippen LogP contribution in [0.25, 0.3) is 0 Å². The van der Waals surface area contributed by atoms with E-state index in [2.05, 4.69) is 116 Å². The highest BCUT2D eigenvalue weighted by Crippen LogP contribution is 2.41. The number of aromatic nitrogens is 3. The summed E-state index contributed by atoms with van der Waals surface area (Å²) in [6.45, 7) is 4.56. The molecule has 0 spiro atoms. The smallest absolute Gasteiger partial charge is 0.314 e. The van der Waals surface area contributed by atoms with Gasteiger partial charge in [-0.3, -0.25) is 4.57 Å². The van der Waals surface area contributed by atoms with Crippen molar-refractivity contribution in [1.82, 2.24) is 14.8 Å². The summed E-state index contributed by atoms with van der Waals surface area (Å²) in [5.74, 6) is 1.61. The highest BCUT2D eigenvalue weighted by atomic mass is 32.2. The Balaban J connectivity index is 0.000000886. The predicted molar refractivity (Wildman–Crippen MR) is 153 cm³/mol. The fraction of sp³-hybridized carbons (Fsp3) is 0.310. The van der Waals surface area contributed by atoms with Gasteiger partial charge in [-0.05, 0) is 35.3 Å². The average molecular weight is 538 g/mol. The molecule has 1 unspecified atom stereocenters. The summed E-state index contributed by atoms with van der Waals surface area (Å²) in [6.07, 6.45) is 7.59. The third kappa shape index (κ3) is 6.99. The van der Waals surface area contributed by atoms with E-state index in [9.17, 15) is 0 Å². The zero-order valence-electron chi connectivity index (χ0n) is 21.6. The molecule has 0 amide bonds. The van der Waals surface area contributed by atoms with E-state index in [1.165, 1.54) is 29.5 Å². The summed E-state index contributed by atoms with van der Waals surface area (Å²) in [6, 6.07) is 32.0. The van der Waals surface area contributed by atoms with Crippen LogP contribution in [0.5, 0.6) is 0 Å². The molecule has 0 aliphatic carbocycles. The van der Waals surface area contributed by atoms with Crippen molar-refractivity contribution in [3.63, 3.8) is 0 Å². The van der Waals surface area contributed by atoms with Gasteiger partial charge in [-0.2, -0.15) is 16.9 Å². The second-order valence-corrected chi connectivity index (χ2v) is 10.4. The first-order chi connectivity index (χ1) is 18.0. The molecule has 4 rings (SSSR count). The van der Waals surface area contributed by atoms with Crippen LogP contribution in [0, 0.1) is 5.92 Å². The summed E-state index contributed by atoms with van der Waals surface area (Å²) >= 11 is 1.86. The Labute approximate surface area is 224 Å². The third-order valence-electron chi connectivity index (χ3n) is 6.70. The molecule has 0 bridgehead atoms. The Hall–Kier alpha value is -2.70. The van der Waals surface area contributed by atoms with Gasteiger partial charge in [-0.15, -0.1) is 0 Å². The van der Waals surface area contributed by atoms with E-state index in [-0.39, 0.29) is 5.25 Å². The van der Waals surface area contributed by atoms with Gasteiger partial charge in [-0.1, -0.05) is 118 Å². The van der Waals surface area contributed by atoms with Gasteiger partial charge >= 0.3 is 8.25 Å². The van der Waals surface area contributed by atoms with E-state index in [0.29, 0.717) is 5.92 Å². The van der Waals surface area contributed by atoms with Crippen molar-refractivity contribution >= 4 is 20.0 Å². The summed E-state index contributed by atoms with van der Waals surface area (Å²) in [7, 11) is -3.13. The first-order valence-corrected chi connectivity index (χ1v) is 15.1. The highest BCUT2D eigenvalue weighted by molar-refractivity contribution is 7.98. The molecule has 4 aromatic rings. The molecule has 0 aliphatic rings. The van der Waals surface area contributed by atoms with Crippen LogP contribution < -0.4 is 0 Å². The molecule has 6 nitrogen and oxygen atoms in total. The zero-order valence-corrected chi connectivity index (χ0v) is 23.4. The number of hydrogen-bond acceptors (Lipinski definition) is 4. The van der Waals surface area contributed by atoms with Crippen LogP contribution in [0.2, 0.25) is 0 Å². The van der Waals surface area contributed by atoms with Gasteiger partial charge in [0, 0.05) is 0 Å². The van der Waals surface area contributed by atoms with E-state index < -0.39 is 13.8 Å². The quantitative estimate of drug-likeness (QED) is 0.173. The van der Waals surface area contributed by atoms with Crippen molar-refractivity contribution in [3.8, 4) is 0 Å². The minimum Gasteiger partial charge on any atom is -0.326 e. The van der Waals surface area contributed by atoms with Gasteiger partial charge in [0.1, 0.15) is 11.9 Å². The Morgan fingerprint density at radius 1 is 0.838 bits per heavy atom. The number of nitrogens with zero attached hydrogens (tertiary/aromatic N) is 3. The summed E-state index contributed by atoms with van der Waals surface area (Å²) < 4.78 is 10.8. The first-order valence-electron chi connectivity index (χ1n) is 12.5. The van der Waals surface area contributed by atoms with E-state index in [1.807, 2.05) is 18.1 Å². The van der Waals surface area contributed by atoms with Gasteiger partial charge in [0.2, 0.25) is 0 Å². The molecule has 0 fully saturated rings. The van der Waals surface area contributed by atoms with E-state index in [0.717, 1.165) is 12.2 Å². The van der Waals surface area contributed by atoms with Crippen molar-refractivity contribution in [2.75, 3.05) is 6.26 Å². The predicted octanol–water partition coefficient (Wildman–Crippen LogP) is 6.71. The van der Waals surface area contributed by atoms with Crippen molar-refractivity contribution in [3.05, 3.63) is 120 Å². The van der Waals surface area contributed by atoms with Crippen molar-refractivity contribution < 1.29 is 14.4 Å². The highest BCUT2D eigenvalue weighted by Gasteiger charge is 2.40. The lowest BCUT2D eigenvalue weighted by atomic mass is 9.77. The van der Waals surface area contributed by atoms with Gasteiger partial charge in [0.15, 0.2) is 5.82 Å². The van der Waals surface area contributed by atoms with Crippen molar-refractivity contribution in [2.45, 2.75) is 43.9 Å². The fourth-order valence-electron chi connectivity index (χ4n) is 4.75. The van der Waals surface area contributed by atoms with E-state index in [1.54, 1.807) is 0 Å². The molecule has 0 aliphatic heterocycles. The Bertz CT molecular complexity index is 1120. The van der Waals surface area contributed by atoms with Crippen LogP contribution in [-0.4, -0.2) is 30.8 Å². The summed E-state index contributed by atoms with van der Waals surface area (Å²) in [5.41, 5.74) is 2.89. The number of rotatable bonds is 10. The molecule has 37 heavy (non-hydrogen) atoms. The topological polar surface area (TPSA) is 88.2 Å². The molecule has 2 N–H and O–H groups in total. The van der Waals surface area contributed by atoms with Crippen LogP contribution in [0.15, 0.2) is 97.3 Å². The second kappa shape index (κ2) is 14.3. The van der Waals surface area contributed by atoms with Gasteiger partial charge in [0.05, 0.1) is 5.25 Å².